The van der Waals surface area contributed by atoms with Gasteiger partial charge in [0.1, 0.15) is 6.10 Å². The molecule has 0 bridgehead atoms. The fraction of sp³-hybridized carbons (Fsp3) is 0.800. The number of methoxy groups -OCH3 is 1. The summed E-state index contributed by atoms with van der Waals surface area (Å²) >= 11 is 6.37. The van der Waals surface area contributed by atoms with E-state index >= 15 is 0 Å². The topological polar surface area (TPSA) is 18.5 Å². The van der Waals surface area contributed by atoms with Crippen LogP contribution in [0, 0.1) is 0 Å². The van der Waals surface area contributed by atoms with Crippen molar-refractivity contribution in [2.24, 2.45) is 0 Å². The molecule has 0 aliphatic carbocycles. The Bertz CT molecular complexity index is 116. The third kappa shape index (κ3) is 2.12. The first-order chi connectivity index (χ1) is 4.33. The quantitative estimate of drug-likeness (QED) is 0.568. The zero-order chi connectivity index (χ0) is 6.69. The van der Waals surface area contributed by atoms with E-state index in [0.717, 1.165) is 5.75 Å². The second kappa shape index (κ2) is 3.39. The van der Waals surface area contributed by atoms with E-state index in [0.29, 0.717) is 11.0 Å². The molecule has 0 radical (unpaired) electrons. The number of thiocarbonyl (C=S) groups is 1. The lowest BCUT2D eigenvalue weighted by Gasteiger charge is -2.05. The van der Waals surface area contributed by atoms with Crippen LogP contribution >= 0.6 is 24.0 Å². The SMILES string of the molecule is COCC1CSC(=S)O1. The fourth-order valence-corrected chi connectivity index (χ4v) is 1.66. The van der Waals surface area contributed by atoms with E-state index in [9.17, 15) is 0 Å². The van der Waals surface area contributed by atoms with Crippen molar-refractivity contribution < 1.29 is 9.47 Å². The number of ether oxygens (including phenoxy) is 2. The third-order valence-corrected chi connectivity index (χ3v) is 2.32. The molecule has 0 amide bonds. The van der Waals surface area contributed by atoms with Crippen LogP contribution in [0.25, 0.3) is 0 Å². The molecule has 1 fully saturated rings. The van der Waals surface area contributed by atoms with Crippen LogP contribution in [0.15, 0.2) is 0 Å². The van der Waals surface area contributed by atoms with E-state index in [1.807, 2.05) is 0 Å². The van der Waals surface area contributed by atoms with Gasteiger partial charge in [-0.3, -0.25) is 0 Å². The molecule has 0 spiro atoms. The molecular formula is C5H8O2S2. The number of thioether (sulfide) groups is 1. The summed E-state index contributed by atoms with van der Waals surface area (Å²) in [6, 6.07) is 0. The number of rotatable bonds is 2. The lowest BCUT2D eigenvalue weighted by Crippen LogP contribution is -2.15. The van der Waals surface area contributed by atoms with Crippen molar-refractivity contribution in [2.75, 3.05) is 19.5 Å². The van der Waals surface area contributed by atoms with Gasteiger partial charge < -0.3 is 9.47 Å². The lowest BCUT2D eigenvalue weighted by molar-refractivity contribution is 0.0971. The fourth-order valence-electron chi connectivity index (χ4n) is 0.633. The minimum atomic E-state index is 0.187. The van der Waals surface area contributed by atoms with E-state index in [4.69, 9.17) is 21.7 Å². The predicted molar refractivity (Wildman–Crippen MR) is 41.8 cm³/mol. The average molecular weight is 164 g/mol. The molecule has 1 atom stereocenters. The lowest BCUT2D eigenvalue weighted by atomic mass is 10.4. The monoisotopic (exact) mass is 164 g/mol. The van der Waals surface area contributed by atoms with Crippen LogP contribution in [-0.4, -0.2) is 30.0 Å². The molecule has 52 valence electrons. The molecule has 1 aliphatic rings. The highest BCUT2D eigenvalue weighted by Crippen LogP contribution is 2.19. The van der Waals surface area contributed by atoms with Gasteiger partial charge >= 0.3 is 0 Å². The second-order valence-corrected chi connectivity index (χ2v) is 3.38. The highest BCUT2D eigenvalue weighted by molar-refractivity contribution is 8.22. The Morgan fingerprint density at radius 3 is 3.22 bits per heavy atom. The average Bonchev–Trinajstić information content (AvgIpc) is 2.17. The zero-order valence-corrected chi connectivity index (χ0v) is 6.76. The second-order valence-electron chi connectivity index (χ2n) is 1.76. The van der Waals surface area contributed by atoms with Gasteiger partial charge in [0, 0.05) is 12.9 Å². The highest BCUT2D eigenvalue weighted by Gasteiger charge is 2.20. The standard InChI is InChI=1S/C5H8O2S2/c1-6-2-4-3-9-5(8)7-4/h4H,2-3H2,1H3. The number of hydrogen-bond acceptors (Lipinski definition) is 4. The summed E-state index contributed by atoms with van der Waals surface area (Å²) < 4.78 is 10.7. The summed E-state index contributed by atoms with van der Waals surface area (Å²) in [5, 5.41) is 0. The van der Waals surface area contributed by atoms with E-state index in [-0.39, 0.29) is 6.10 Å². The third-order valence-electron chi connectivity index (χ3n) is 1.00. The maximum Gasteiger partial charge on any atom is 0.220 e. The smallest absolute Gasteiger partial charge is 0.220 e. The molecule has 0 saturated carbocycles. The minimum absolute atomic E-state index is 0.187. The normalized spacial score (nSPS) is 26.3. The highest BCUT2D eigenvalue weighted by atomic mass is 32.2. The molecule has 0 aromatic rings. The maximum atomic E-state index is 5.17. The van der Waals surface area contributed by atoms with Gasteiger partial charge in [-0.2, -0.15) is 0 Å². The Labute approximate surface area is 63.9 Å². The van der Waals surface area contributed by atoms with Crippen LogP contribution in [0.3, 0.4) is 0 Å². The Morgan fingerprint density at radius 1 is 2.00 bits per heavy atom. The molecule has 1 aliphatic heterocycles. The van der Waals surface area contributed by atoms with Gasteiger partial charge in [-0.15, -0.1) is 0 Å². The Morgan fingerprint density at radius 2 is 2.78 bits per heavy atom. The molecular weight excluding hydrogens is 156 g/mol. The van der Waals surface area contributed by atoms with Crippen molar-refractivity contribution in [2.45, 2.75) is 6.10 Å². The van der Waals surface area contributed by atoms with Crippen molar-refractivity contribution in [3.05, 3.63) is 0 Å². The molecule has 4 heteroatoms. The molecule has 0 N–H and O–H groups in total. The molecule has 2 nitrogen and oxygen atoms in total. The predicted octanol–water partition coefficient (Wildman–Crippen LogP) is 1.05. The molecule has 1 unspecified atom stereocenters. The maximum absolute atomic E-state index is 5.17. The van der Waals surface area contributed by atoms with Crippen molar-refractivity contribution >= 4 is 28.4 Å². The van der Waals surface area contributed by atoms with E-state index in [1.54, 1.807) is 18.9 Å². The zero-order valence-electron chi connectivity index (χ0n) is 5.12. The van der Waals surface area contributed by atoms with Gasteiger partial charge in [-0.1, -0.05) is 11.8 Å². The van der Waals surface area contributed by atoms with Crippen LogP contribution in [0.1, 0.15) is 0 Å². The van der Waals surface area contributed by atoms with E-state index in [2.05, 4.69) is 0 Å². The van der Waals surface area contributed by atoms with Gasteiger partial charge in [0.15, 0.2) is 0 Å². The van der Waals surface area contributed by atoms with E-state index < -0.39 is 0 Å². The van der Waals surface area contributed by atoms with Crippen molar-refractivity contribution in [3.8, 4) is 0 Å². The van der Waals surface area contributed by atoms with Gasteiger partial charge in [0.25, 0.3) is 0 Å². The van der Waals surface area contributed by atoms with Crippen LogP contribution in [-0.2, 0) is 9.47 Å². The first-order valence-electron chi connectivity index (χ1n) is 2.65. The van der Waals surface area contributed by atoms with Crippen LogP contribution < -0.4 is 0 Å². The first kappa shape index (κ1) is 7.31. The van der Waals surface area contributed by atoms with Crippen molar-refractivity contribution in [1.29, 1.82) is 0 Å². The number of hydrogen-bond donors (Lipinski definition) is 0. The summed E-state index contributed by atoms with van der Waals surface area (Å²) in [5.74, 6) is 0.937. The molecule has 1 heterocycles. The molecule has 9 heavy (non-hydrogen) atoms. The van der Waals surface area contributed by atoms with Gasteiger partial charge in [0.2, 0.25) is 4.38 Å². The molecule has 1 rings (SSSR count). The summed E-state index contributed by atoms with van der Waals surface area (Å²) in [6.45, 7) is 0.646. The Balaban J connectivity index is 2.22. The molecule has 0 aromatic carbocycles. The largest absolute Gasteiger partial charge is 0.472 e. The summed E-state index contributed by atoms with van der Waals surface area (Å²) in [7, 11) is 1.66. The summed E-state index contributed by atoms with van der Waals surface area (Å²) in [5.41, 5.74) is 0. The van der Waals surface area contributed by atoms with Crippen LogP contribution in [0.4, 0.5) is 0 Å². The molecule has 1 saturated heterocycles. The van der Waals surface area contributed by atoms with Crippen molar-refractivity contribution in [3.63, 3.8) is 0 Å². The minimum Gasteiger partial charge on any atom is -0.472 e. The Hall–Kier alpha value is 0.200. The first-order valence-corrected chi connectivity index (χ1v) is 4.04. The van der Waals surface area contributed by atoms with Gasteiger partial charge in [0.05, 0.1) is 6.61 Å². The Kier molecular flexibility index (Phi) is 2.75. The summed E-state index contributed by atoms with van der Waals surface area (Å²) in [6.07, 6.45) is 0.187. The van der Waals surface area contributed by atoms with E-state index in [1.165, 1.54) is 0 Å². The van der Waals surface area contributed by atoms with Crippen LogP contribution in [0.2, 0.25) is 0 Å². The van der Waals surface area contributed by atoms with Crippen molar-refractivity contribution in [1.82, 2.24) is 0 Å². The summed E-state index contributed by atoms with van der Waals surface area (Å²) in [4.78, 5) is 0. The van der Waals surface area contributed by atoms with Gasteiger partial charge in [-0.05, 0) is 12.2 Å². The van der Waals surface area contributed by atoms with Gasteiger partial charge in [-0.25, -0.2) is 0 Å². The molecule has 0 aromatic heterocycles. The van der Waals surface area contributed by atoms with Crippen LogP contribution in [0.5, 0.6) is 0 Å².